The molecule has 92 valence electrons. The van der Waals surface area contributed by atoms with Gasteiger partial charge in [0.05, 0.1) is 18.8 Å². The summed E-state index contributed by atoms with van der Waals surface area (Å²) in [5.41, 5.74) is 14.2. The number of fused-ring (bicyclic) bond motifs is 1. The second kappa shape index (κ2) is 4.86. The summed E-state index contributed by atoms with van der Waals surface area (Å²) in [5, 5.41) is 2.92. The lowest BCUT2D eigenvalue weighted by Gasteiger charge is -2.31. The Morgan fingerprint density at radius 2 is 2.41 bits per heavy atom. The van der Waals surface area contributed by atoms with Gasteiger partial charge < -0.3 is 26.4 Å². The number of hydrogen-bond donors (Lipinski definition) is 3. The molecule has 0 amide bonds. The zero-order chi connectivity index (χ0) is 12.3. The van der Waals surface area contributed by atoms with Crippen LogP contribution in [0.5, 0.6) is 5.75 Å². The Morgan fingerprint density at radius 1 is 1.59 bits per heavy atom. The molecule has 0 fully saturated rings. The molecular weight excluding hydrogens is 216 g/mol. The highest BCUT2D eigenvalue weighted by Crippen LogP contribution is 2.33. The quantitative estimate of drug-likeness (QED) is 0.663. The summed E-state index contributed by atoms with van der Waals surface area (Å²) in [6, 6.07) is 5.66. The molecule has 0 radical (unpaired) electrons. The predicted octanol–water partition coefficient (Wildman–Crippen LogP) is 0.487. The summed E-state index contributed by atoms with van der Waals surface area (Å²) in [5.74, 6) is 0.864. The highest BCUT2D eigenvalue weighted by atomic mass is 16.5. The minimum atomic E-state index is 0.667. The maximum absolute atomic E-state index is 5.90. The molecule has 0 aromatic heterocycles. The van der Waals surface area contributed by atoms with Crippen LogP contribution in [0.2, 0.25) is 0 Å². The van der Waals surface area contributed by atoms with Crippen LogP contribution in [-0.2, 0) is 0 Å². The average molecular weight is 234 g/mol. The van der Waals surface area contributed by atoms with E-state index in [1.165, 1.54) is 0 Å². The molecule has 0 saturated heterocycles. The minimum absolute atomic E-state index is 0.667. The fraction of sp³-hybridized carbons (Fsp3) is 0.333. The molecule has 0 bridgehead atoms. The zero-order valence-corrected chi connectivity index (χ0v) is 9.94. The Labute approximate surface area is 101 Å². The molecular formula is C12H18N4O. The van der Waals surface area contributed by atoms with E-state index in [0.717, 1.165) is 29.4 Å². The Bertz CT molecular complexity index is 431. The third-order valence-electron chi connectivity index (χ3n) is 2.65. The smallest absolute Gasteiger partial charge is 0.142 e. The van der Waals surface area contributed by atoms with E-state index < -0.39 is 0 Å². The van der Waals surface area contributed by atoms with Crippen molar-refractivity contribution in [3.63, 3.8) is 0 Å². The van der Waals surface area contributed by atoms with Crippen LogP contribution < -0.4 is 26.4 Å². The van der Waals surface area contributed by atoms with Crippen molar-refractivity contribution in [2.24, 2.45) is 5.73 Å². The van der Waals surface area contributed by atoms with Crippen LogP contribution >= 0.6 is 0 Å². The van der Waals surface area contributed by atoms with E-state index in [2.05, 4.69) is 10.2 Å². The van der Waals surface area contributed by atoms with E-state index in [1.54, 1.807) is 6.20 Å². The first kappa shape index (κ1) is 11.4. The van der Waals surface area contributed by atoms with Crippen LogP contribution in [0, 0.1) is 0 Å². The van der Waals surface area contributed by atoms with Crippen LogP contribution in [0.1, 0.15) is 0 Å². The summed E-state index contributed by atoms with van der Waals surface area (Å²) < 4.78 is 5.58. The highest BCUT2D eigenvalue weighted by molar-refractivity contribution is 5.66. The molecule has 5 N–H and O–H groups in total. The van der Waals surface area contributed by atoms with E-state index in [-0.39, 0.29) is 0 Å². The fourth-order valence-electron chi connectivity index (χ4n) is 1.91. The summed E-state index contributed by atoms with van der Waals surface area (Å²) in [6.45, 7) is 2.15. The van der Waals surface area contributed by atoms with Crippen molar-refractivity contribution < 1.29 is 4.74 Å². The minimum Gasteiger partial charge on any atom is -0.490 e. The molecule has 5 nitrogen and oxygen atoms in total. The predicted molar refractivity (Wildman–Crippen MR) is 69.9 cm³/mol. The van der Waals surface area contributed by atoms with Gasteiger partial charge in [-0.25, -0.2) is 0 Å². The normalized spacial score (nSPS) is 15.1. The average Bonchev–Trinajstić information content (AvgIpc) is 2.30. The number of nitrogen functional groups attached to an aromatic ring is 1. The van der Waals surface area contributed by atoms with Gasteiger partial charge in [-0.15, -0.1) is 0 Å². The lowest BCUT2D eigenvalue weighted by molar-refractivity contribution is 0.309. The van der Waals surface area contributed by atoms with E-state index in [9.17, 15) is 0 Å². The third kappa shape index (κ3) is 2.55. The molecule has 0 aliphatic carbocycles. The van der Waals surface area contributed by atoms with Crippen molar-refractivity contribution in [2.75, 3.05) is 37.4 Å². The van der Waals surface area contributed by atoms with Gasteiger partial charge in [-0.2, -0.15) is 0 Å². The van der Waals surface area contributed by atoms with E-state index in [4.69, 9.17) is 16.2 Å². The molecule has 1 aliphatic rings. The van der Waals surface area contributed by atoms with Crippen molar-refractivity contribution in [3.05, 3.63) is 30.1 Å². The van der Waals surface area contributed by atoms with Crippen LogP contribution in [0.25, 0.3) is 0 Å². The first-order valence-corrected chi connectivity index (χ1v) is 5.60. The number of anilines is 2. The van der Waals surface area contributed by atoms with Crippen molar-refractivity contribution in [3.8, 4) is 5.75 Å². The van der Waals surface area contributed by atoms with Crippen LogP contribution in [0.3, 0.4) is 0 Å². The topological polar surface area (TPSA) is 76.5 Å². The van der Waals surface area contributed by atoms with Gasteiger partial charge in [0.25, 0.3) is 0 Å². The molecule has 1 heterocycles. The number of nitrogens with one attached hydrogen (secondary N) is 1. The number of ether oxygens (including phenoxy) is 1. The van der Waals surface area contributed by atoms with Gasteiger partial charge in [0.15, 0.2) is 0 Å². The highest BCUT2D eigenvalue weighted by Gasteiger charge is 2.18. The Balaban J connectivity index is 2.22. The molecule has 0 unspecified atom stereocenters. The largest absolute Gasteiger partial charge is 0.490 e. The number of nitrogens with two attached hydrogens (primary N) is 2. The Kier molecular flexibility index (Phi) is 3.27. The van der Waals surface area contributed by atoms with Gasteiger partial charge in [-0.3, -0.25) is 0 Å². The monoisotopic (exact) mass is 234 g/mol. The van der Waals surface area contributed by atoms with Crippen molar-refractivity contribution in [1.29, 1.82) is 0 Å². The summed E-state index contributed by atoms with van der Waals surface area (Å²) in [6.07, 6.45) is 1.79. The summed E-state index contributed by atoms with van der Waals surface area (Å²) in [7, 11) is 1.83. The zero-order valence-electron chi connectivity index (χ0n) is 9.94. The first-order chi connectivity index (χ1) is 8.20. The standard InChI is InChI=1S/C12H18N4O/c1-15-7-10(14)8-16-4-5-17-12-3-2-9(13)6-11(12)16/h2-3,6-7,15H,4-5,8,13-14H2,1H3/b10-7-. The number of hydrogen-bond acceptors (Lipinski definition) is 5. The third-order valence-corrected chi connectivity index (χ3v) is 2.65. The first-order valence-electron chi connectivity index (χ1n) is 5.60. The van der Waals surface area contributed by atoms with Crippen molar-refractivity contribution in [2.45, 2.75) is 0 Å². The van der Waals surface area contributed by atoms with Crippen LogP contribution in [0.15, 0.2) is 30.1 Å². The second-order valence-corrected chi connectivity index (χ2v) is 4.01. The van der Waals surface area contributed by atoms with Gasteiger partial charge in [0, 0.05) is 24.6 Å². The molecule has 1 aromatic carbocycles. The molecule has 0 saturated carbocycles. The molecule has 0 spiro atoms. The SMILES string of the molecule is CN/C=C(\N)CN1CCOc2ccc(N)cc21. The Morgan fingerprint density at radius 3 is 3.18 bits per heavy atom. The van der Waals surface area contributed by atoms with Gasteiger partial charge in [-0.1, -0.05) is 0 Å². The molecule has 1 aromatic rings. The maximum Gasteiger partial charge on any atom is 0.142 e. The Hall–Kier alpha value is -2.04. The van der Waals surface area contributed by atoms with Crippen molar-refractivity contribution >= 4 is 11.4 Å². The van der Waals surface area contributed by atoms with Crippen molar-refractivity contribution in [1.82, 2.24) is 5.32 Å². The van der Waals surface area contributed by atoms with Gasteiger partial charge >= 0.3 is 0 Å². The molecule has 2 rings (SSSR count). The number of benzene rings is 1. The number of nitrogens with zero attached hydrogens (tertiary/aromatic N) is 1. The van der Waals surface area contributed by atoms with Gasteiger partial charge in [0.1, 0.15) is 12.4 Å². The maximum atomic E-state index is 5.90. The van der Waals surface area contributed by atoms with Gasteiger partial charge in [0.2, 0.25) is 0 Å². The molecule has 1 aliphatic heterocycles. The van der Waals surface area contributed by atoms with Gasteiger partial charge in [-0.05, 0) is 18.2 Å². The number of rotatable bonds is 3. The van der Waals surface area contributed by atoms with E-state index in [0.29, 0.717) is 13.2 Å². The van der Waals surface area contributed by atoms with Crippen LogP contribution in [-0.4, -0.2) is 26.7 Å². The lowest BCUT2D eigenvalue weighted by Crippen LogP contribution is -2.36. The van der Waals surface area contributed by atoms with E-state index in [1.807, 2.05) is 25.2 Å². The van der Waals surface area contributed by atoms with Crippen LogP contribution in [0.4, 0.5) is 11.4 Å². The fourth-order valence-corrected chi connectivity index (χ4v) is 1.91. The molecule has 17 heavy (non-hydrogen) atoms. The second-order valence-electron chi connectivity index (χ2n) is 4.01. The van der Waals surface area contributed by atoms with E-state index >= 15 is 0 Å². The molecule has 0 atom stereocenters. The molecule has 5 heteroatoms. The summed E-state index contributed by atoms with van der Waals surface area (Å²) >= 11 is 0. The lowest BCUT2D eigenvalue weighted by atomic mass is 10.2. The summed E-state index contributed by atoms with van der Waals surface area (Å²) in [4.78, 5) is 2.17.